The second-order valence-electron chi connectivity index (χ2n) is 4.57. The van der Waals surface area contributed by atoms with Crippen molar-refractivity contribution < 1.29 is 14.3 Å². The number of hydrogen-bond donors (Lipinski definition) is 0. The third-order valence-corrected chi connectivity index (χ3v) is 2.16. The fourth-order valence-corrected chi connectivity index (χ4v) is 1.38. The van der Waals surface area contributed by atoms with E-state index in [0.717, 1.165) is 0 Å². The van der Waals surface area contributed by atoms with E-state index in [9.17, 15) is 9.59 Å². The Kier molecular flexibility index (Phi) is 2.83. The molecule has 14 heavy (non-hydrogen) atoms. The molecular formula is C10H17NO3. The SMILES string of the molecule is C[C@@H]1C(=O)CCN1C(=O)OC(C)(C)C. The second kappa shape index (κ2) is 3.59. The highest BCUT2D eigenvalue weighted by atomic mass is 16.6. The van der Waals surface area contributed by atoms with Crippen LogP contribution in [-0.4, -0.2) is 35.0 Å². The number of amides is 1. The fourth-order valence-electron chi connectivity index (χ4n) is 1.38. The quantitative estimate of drug-likeness (QED) is 0.595. The van der Waals surface area contributed by atoms with Crippen LogP contribution in [0.2, 0.25) is 0 Å². The Morgan fingerprint density at radius 2 is 2.07 bits per heavy atom. The van der Waals surface area contributed by atoms with Crippen LogP contribution in [0.5, 0.6) is 0 Å². The molecule has 1 atom stereocenters. The highest BCUT2D eigenvalue weighted by Gasteiger charge is 2.34. The number of carbonyl (C=O) groups excluding carboxylic acids is 2. The molecule has 0 N–H and O–H groups in total. The summed E-state index contributed by atoms with van der Waals surface area (Å²) in [5.74, 6) is 0.107. The summed E-state index contributed by atoms with van der Waals surface area (Å²) in [5, 5.41) is 0. The third-order valence-electron chi connectivity index (χ3n) is 2.16. The minimum atomic E-state index is -0.498. The van der Waals surface area contributed by atoms with Gasteiger partial charge in [-0.1, -0.05) is 0 Å². The van der Waals surface area contributed by atoms with E-state index in [-0.39, 0.29) is 11.8 Å². The number of carbonyl (C=O) groups is 2. The monoisotopic (exact) mass is 199 g/mol. The molecule has 0 radical (unpaired) electrons. The van der Waals surface area contributed by atoms with Crippen molar-refractivity contribution in [3.8, 4) is 0 Å². The molecule has 1 saturated heterocycles. The zero-order chi connectivity index (χ0) is 10.9. The summed E-state index contributed by atoms with van der Waals surface area (Å²) in [4.78, 5) is 24.3. The number of nitrogens with zero attached hydrogens (tertiary/aromatic N) is 1. The molecule has 80 valence electrons. The second-order valence-corrected chi connectivity index (χ2v) is 4.57. The largest absolute Gasteiger partial charge is 0.444 e. The highest BCUT2D eigenvalue weighted by Crippen LogP contribution is 2.17. The van der Waals surface area contributed by atoms with Crippen LogP contribution in [0.3, 0.4) is 0 Å². The van der Waals surface area contributed by atoms with Gasteiger partial charge in [0.05, 0.1) is 6.04 Å². The molecule has 1 heterocycles. The summed E-state index contributed by atoms with van der Waals surface area (Å²) in [5.41, 5.74) is -0.498. The normalized spacial score (nSPS) is 22.7. The molecule has 0 aliphatic carbocycles. The van der Waals surface area contributed by atoms with Gasteiger partial charge in [-0.3, -0.25) is 9.69 Å². The highest BCUT2D eigenvalue weighted by molar-refractivity contribution is 5.90. The Morgan fingerprint density at radius 3 is 2.43 bits per heavy atom. The van der Waals surface area contributed by atoms with Crippen molar-refractivity contribution in [2.45, 2.75) is 45.8 Å². The molecule has 1 amide bonds. The zero-order valence-corrected chi connectivity index (χ0v) is 9.16. The van der Waals surface area contributed by atoms with Gasteiger partial charge < -0.3 is 4.74 Å². The summed E-state index contributed by atoms with van der Waals surface area (Å²) in [6.07, 6.45) is 0.0521. The minimum absolute atomic E-state index is 0.107. The molecular weight excluding hydrogens is 182 g/mol. The molecule has 1 rings (SSSR count). The van der Waals surface area contributed by atoms with Gasteiger partial charge in [-0.25, -0.2) is 4.79 Å². The topological polar surface area (TPSA) is 46.6 Å². The van der Waals surface area contributed by atoms with Crippen LogP contribution in [0, 0.1) is 0 Å². The third kappa shape index (κ3) is 2.47. The van der Waals surface area contributed by atoms with Crippen molar-refractivity contribution >= 4 is 11.9 Å². The van der Waals surface area contributed by atoms with E-state index in [1.165, 1.54) is 4.90 Å². The van der Waals surface area contributed by atoms with E-state index in [2.05, 4.69) is 0 Å². The van der Waals surface area contributed by atoms with Gasteiger partial charge in [-0.05, 0) is 27.7 Å². The van der Waals surface area contributed by atoms with Crippen molar-refractivity contribution in [1.82, 2.24) is 4.90 Å². The average Bonchev–Trinajstić information content (AvgIpc) is 2.29. The van der Waals surface area contributed by atoms with Crippen molar-refractivity contribution in [3.63, 3.8) is 0 Å². The molecule has 0 saturated carbocycles. The van der Waals surface area contributed by atoms with Gasteiger partial charge in [0.25, 0.3) is 0 Å². The number of ether oxygens (including phenoxy) is 1. The van der Waals surface area contributed by atoms with Gasteiger partial charge in [0.1, 0.15) is 5.60 Å². The predicted octanol–water partition coefficient (Wildman–Crippen LogP) is 1.58. The van der Waals surface area contributed by atoms with Crippen LogP contribution in [0.1, 0.15) is 34.1 Å². The first-order valence-corrected chi connectivity index (χ1v) is 4.83. The van der Waals surface area contributed by atoms with Crippen LogP contribution >= 0.6 is 0 Å². The van der Waals surface area contributed by atoms with E-state index in [1.54, 1.807) is 6.92 Å². The van der Waals surface area contributed by atoms with E-state index in [1.807, 2.05) is 20.8 Å². The van der Waals surface area contributed by atoms with Gasteiger partial charge in [-0.2, -0.15) is 0 Å². The van der Waals surface area contributed by atoms with E-state index < -0.39 is 11.7 Å². The maximum Gasteiger partial charge on any atom is 0.410 e. The van der Waals surface area contributed by atoms with Crippen LogP contribution in [0.25, 0.3) is 0 Å². The van der Waals surface area contributed by atoms with Crippen LogP contribution < -0.4 is 0 Å². The number of ketones is 1. The van der Waals surface area contributed by atoms with Gasteiger partial charge >= 0.3 is 6.09 Å². The average molecular weight is 199 g/mol. The molecule has 0 aromatic carbocycles. The van der Waals surface area contributed by atoms with Crippen molar-refractivity contribution in [1.29, 1.82) is 0 Å². The Morgan fingerprint density at radius 1 is 1.50 bits per heavy atom. The van der Waals surface area contributed by atoms with E-state index in [4.69, 9.17) is 4.74 Å². The minimum Gasteiger partial charge on any atom is -0.444 e. The van der Waals surface area contributed by atoms with Crippen LogP contribution in [0.15, 0.2) is 0 Å². The molecule has 0 aromatic heterocycles. The Bertz CT molecular complexity index is 255. The van der Waals surface area contributed by atoms with Gasteiger partial charge in [0.2, 0.25) is 0 Å². The Balaban J connectivity index is 2.58. The van der Waals surface area contributed by atoms with Crippen LogP contribution in [0.4, 0.5) is 4.79 Å². The smallest absolute Gasteiger partial charge is 0.410 e. The summed E-state index contributed by atoms with van der Waals surface area (Å²) in [6.45, 7) is 7.66. The summed E-state index contributed by atoms with van der Waals surface area (Å²) < 4.78 is 5.18. The number of Topliss-reactive ketones (excluding diaryl/α,β-unsaturated/α-hetero) is 1. The first kappa shape index (κ1) is 11.0. The van der Waals surface area contributed by atoms with E-state index in [0.29, 0.717) is 13.0 Å². The Hall–Kier alpha value is -1.06. The fraction of sp³-hybridized carbons (Fsp3) is 0.800. The molecule has 1 aliphatic rings. The first-order valence-electron chi connectivity index (χ1n) is 4.83. The predicted molar refractivity (Wildman–Crippen MR) is 52.0 cm³/mol. The number of rotatable bonds is 0. The lowest BCUT2D eigenvalue weighted by molar-refractivity contribution is -0.119. The summed E-state index contributed by atoms with van der Waals surface area (Å²) in [7, 11) is 0. The van der Waals surface area contributed by atoms with Crippen LogP contribution in [-0.2, 0) is 9.53 Å². The zero-order valence-electron chi connectivity index (χ0n) is 9.16. The van der Waals surface area contributed by atoms with Crippen molar-refractivity contribution in [2.75, 3.05) is 6.54 Å². The lowest BCUT2D eigenvalue weighted by atomic mass is 10.2. The van der Waals surface area contributed by atoms with Crippen molar-refractivity contribution in [3.05, 3.63) is 0 Å². The summed E-state index contributed by atoms with van der Waals surface area (Å²) in [6, 6.07) is -0.329. The molecule has 4 heteroatoms. The molecule has 0 unspecified atom stereocenters. The first-order chi connectivity index (χ1) is 6.31. The Labute approximate surface area is 84.2 Å². The number of hydrogen-bond acceptors (Lipinski definition) is 3. The van der Waals surface area contributed by atoms with E-state index >= 15 is 0 Å². The van der Waals surface area contributed by atoms with Crippen molar-refractivity contribution in [2.24, 2.45) is 0 Å². The maximum atomic E-state index is 11.6. The number of likely N-dealkylation sites (tertiary alicyclic amines) is 1. The molecule has 1 fully saturated rings. The molecule has 0 bridgehead atoms. The molecule has 1 aliphatic heterocycles. The maximum absolute atomic E-state index is 11.6. The molecule has 4 nitrogen and oxygen atoms in total. The van der Waals surface area contributed by atoms with Gasteiger partial charge in [0, 0.05) is 13.0 Å². The lowest BCUT2D eigenvalue weighted by Gasteiger charge is -2.26. The summed E-state index contributed by atoms with van der Waals surface area (Å²) >= 11 is 0. The van der Waals surface area contributed by atoms with Gasteiger partial charge in [-0.15, -0.1) is 0 Å². The van der Waals surface area contributed by atoms with Gasteiger partial charge in [0.15, 0.2) is 5.78 Å². The lowest BCUT2D eigenvalue weighted by Crippen LogP contribution is -2.40. The standard InChI is InChI=1S/C10H17NO3/c1-7-8(12)5-6-11(7)9(13)14-10(2,3)4/h7H,5-6H2,1-4H3/t7-/m1/s1. The molecule has 0 spiro atoms. The molecule has 0 aromatic rings.